The first-order valence-corrected chi connectivity index (χ1v) is 8.10. The number of methoxy groups -OCH3 is 1. The molecule has 1 atom stereocenters. The van der Waals surface area contributed by atoms with Gasteiger partial charge in [-0.25, -0.2) is 0 Å². The minimum Gasteiger partial charge on any atom is -0.497 e. The minimum absolute atomic E-state index is 0.0457. The van der Waals surface area contributed by atoms with Crippen LogP contribution in [0.5, 0.6) is 5.75 Å². The molecule has 0 aromatic heterocycles. The lowest BCUT2D eigenvalue weighted by Gasteiger charge is -2.19. The van der Waals surface area contributed by atoms with Crippen LogP contribution in [0.1, 0.15) is 18.5 Å². The predicted molar refractivity (Wildman–Crippen MR) is 94.2 cm³/mol. The second kappa shape index (κ2) is 7.10. The summed E-state index contributed by atoms with van der Waals surface area (Å²) < 4.78 is 6.17. The van der Waals surface area contributed by atoms with E-state index in [9.17, 15) is 0 Å². The predicted octanol–water partition coefficient (Wildman–Crippen LogP) is 6.59. The van der Waals surface area contributed by atoms with Crippen molar-refractivity contribution in [2.45, 2.75) is 13.0 Å². The maximum Gasteiger partial charge on any atom is 0.121 e. The van der Waals surface area contributed by atoms with E-state index in [-0.39, 0.29) is 6.04 Å². The van der Waals surface area contributed by atoms with Crippen LogP contribution >= 0.6 is 50.7 Å². The first kappa shape index (κ1) is 16.8. The maximum atomic E-state index is 6.27. The second-order valence-electron chi connectivity index (χ2n) is 4.48. The van der Waals surface area contributed by atoms with Gasteiger partial charge in [-0.15, -0.1) is 0 Å². The second-order valence-corrected chi connectivity index (χ2v) is 6.49. The number of ether oxygens (including phenoxy) is 1. The Kier molecular flexibility index (Phi) is 5.67. The Morgan fingerprint density at radius 1 is 1.10 bits per heavy atom. The SMILES string of the molecule is COc1ccc(Br)c(NC(C)c2ccc(Cl)c(Cl)c2Cl)c1. The fourth-order valence-electron chi connectivity index (χ4n) is 1.93. The van der Waals surface area contributed by atoms with E-state index < -0.39 is 0 Å². The highest BCUT2D eigenvalue weighted by molar-refractivity contribution is 9.10. The van der Waals surface area contributed by atoms with Crippen LogP contribution in [0.15, 0.2) is 34.8 Å². The molecule has 0 heterocycles. The molecule has 0 saturated carbocycles. The molecule has 0 bridgehead atoms. The Hall–Kier alpha value is -0.610. The Morgan fingerprint density at radius 2 is 1.81 bits per heavy atom. The number of halogens is 4. The molecular formula is C15H13BrCl3NO. The molecule has 0 fully saturated rings. The lowest BCUT2D eigenvalue weighted by molar-refractivity contribution is 0.415. The van der Waals surface area contributed by atoms with Crippen molar-refractivity contribution in [2.24, 2.45) is 0 Å². The fourth-order valence-corrected chi connectivity index (χ4v) is 3.00. The van der Waals surface area contributed by atoms with E-state index in [2.05, 4.69) is 21.2 Å². The van der Waals surface area contributed by atoms with Gasteiger partial charge in [0.2, 0.25) is 0 Å². The van der Waals surface area contributed by atoms with Crippen LogP contribution in [0.2, 0.25) is 15.1 Å². The molecule has 0 spiro atoms. The number of rotatable bonds is 4. The van der Waals surface area contributed by atoms with Crippen LogP contribution in [-0.2, 0) is 0 Å². The van der Waals surface area contributed by atoms with Gasteiger partial charge in [0.05, 0.1) is 33.9 Å². The molecule has 6 heteroatoms. The average Bonchev–Trinajstić information content (AvgIpc) is 2.47. The van der Waals surface area contributed by atoms with Crippen LogP contribution in [0, 0.1) is 0 Å². The topological polar surface area (TPSA) is 21.3 Å². The molecule has 0 aliphatic carbocycles. The number of hydrogen-bond acceptors (Lipinski definition) is 2. The first-order valence-electron chi connectivity index (χ1n) is 6.17. The summed E-state index contributed by atoms with van der Waals surface area (Å²) in [5, 5.41) is 4.65. The summed E-state index contributed by atoms with van der Waals surface area (Å²) in [6.07, 6.45) is 0. The van der Waals surface area contributed by atoms with Crippen molar-refractivity contribution >= 4 is 56.4 Å². The number of benzene rings is 2. The van der Waals surface area contributed by atoms with Crippen LogP contribution in [0.3, 0.4) is 0 Å². The zero-order valence-corrected chi connectivity index (χ0v) is 15.2. The third-order valence-electron chi connectivity index (χ3n) is 3.08. The van der Waals surface area contributed by atoms with E-state index in [0.29, 0.717) is 15.1 Å². The average molecular weight is 410 g/mol. The number of anilines is 1. The molecule has 2 aromatic carbocycles. The fraction of sp³-hybridized carbons (Fsp3) is 0.200. The molecule has 112 valence electrons. The van der Waals surface area contributed by atoms with E-state index in [1.165, 1.54) is 0 Å². The van der Waals surface area contributed by atoms with Crippen LogP contribution in [0.25, 0.3) is 0 Å². The van der Waals surface area contributed by atoms with Crippen molar-refractivity contribution < 1.29 is 4.74 Å². The van der Waals surface area contributed by atoms with E-state index in [0.717, 1.165) is 21.5 Å². The highest BCUT2D eigenvalue weighted by Gasteiger charge is 2.15. The quantitative estimate of drug-likeness (QED) is 0.575. The third-order valence-corrected chi connectivity index (χ3v) is 5.08. The maximum absolute atomic E-state index is 6.27. The minimum atomic E-state index is -0.0457. The molecule has 2 nitrogen and oxygen atoms in total. The van der Waals surface area contributed by atoms with Gasteiger partial charge in [0.25, 0.3) is 0 Å². The lowest BCUT2D eigenvalue weighted by atomic mass is 10.1. The number of nitrogens with one attached hydrogen (secondary N) is 1. The molecule has 0 amide bonds. The molecule has 0 aliphatic heterocycles. The van der Waals surface area contributed by atoms with Gasteiger partial charge in [-0.05, 0) is 46.6 Å². The molecule has 2 rings (SSSR count). The highest BCUT2D eigenvalue weighted by Crippen LogP contribution is 2.37. The van der Waals surface area contributed by atoms with E-state index in [1.807, 2.05) is 31.2 Å². The van der Waals surface area contributed by atoms with Gasteiger partial charge in [0, 0.05) is 10.5 Å². The van der Waals surface area contributed by atoms with Crippen molar-refractivity contribution in [3.63, 3.8) is 0 Å². The van der Waals surface area contributed by atoms with E-state index >= 15 is 0 Å². The van der Waals surface area contributed by atoms with Crippen LogP contribution in [-0.4, -0.2) is 7.11 Å². The standard InChI is InChI=1S/C15H13BrCl3NO/c1-8(10-4-6-12(17)15(19)14(10)18)20-13-7-9(21-2)3-5-11(13)16/h3-8,20H,1-2H3. The zero-order valence-electron chi connectivity index (χ0n) is 11.4. The van der Waals surface area contributed by atoms with E-state index in [4.69, 9.17) is 39.5 Å². The molecular weight excluding hydrogens is 396 g/mol. The summed E-state index contributed by atoms with van der Waals surface area (Å²) in [5.74, 6) is 0.771. The first-order chi connectivity index (χ1) is 9.93. The summed E-state index contributed by atoms with van der Waals surface area (Å²) >= 11 is 21.8. The highest BCUT2D eigenvalue weighted by atomic mass is 79.9. The van der Waals surface area contributed by atoms with Gasteiger partial charge in [-0.1, -0.05) is 40.9 Å². The Morgan fingerprint density at radius 3 is 2.48 bits per heavy atom. The van der Waals surface area contributed by atoms with Gasteiger partial charge in [-0.2, -0.15) is 0 Å². The van der Waals surface area contributed by atoms with Crippen molar-refractivity contribution in [3.05, 3.63) is 55.4 Å². The normalized spacial score (nSPS) is 12.1. The summed E-state index contributed by atoms with van der Waals surface area (Å²) in [7, 11) is 1.63. The number of hydrogen-bond donors (Lipinski definition) is 1. The van der Waals surface area contributed by atoms with Gasteiger partial charge in [0.1, 0.15) is 5.75 Å². The van der Waals surface area contributed by atoms with Crippen LogP contribution < -0.4 is 10.1 Å². The van der Waals surface area contributed by atoms with Crippen molar-refractivity contribution in [3.8, 4) is 5.75 Å². The largest absolute Gasteiger partial charge is 0.497 e. The van der Waals surface area contributed by atoms with Crippen molar-refractivity contribution in [2.75, 3.05) is 12.4 Å². The van der Waals surface area contributed by atoms with E-state index in [1.54, 1.807) is 13.2 Å². The summed E-state index contributed by atoms with van der Waals surface area (Å²) in [6.45, 7) is 2.00. The Bertz CT molecular complexity index is 664. The van der Waals surface area contributed by atoms with Crippen molar-refractivity contribution in [1.82, 2.24) is 0 Å². The molecule has 0 radical (unpaired) electrons. The van der Waals surface area contributed by atoms with Gasteiger partial charge in [-0.3, -0.25) is 0 Å². The van der Waals surface area contributed by atoms with Crippen LogP contribution in [0.4, 0.5) is 5.69 Å². The Balaban J connectivity index is 2.30. The zero-order chi connectivity index (χ0) is 15.6. The molecule has 21 heavy (non-hydrogen) atoms. The Labute approximate surface area is 147 Å². The summed E-state index contributed by atoms with van der Waals surface area (Å²) in [6, 6.07) is 9.27. The molecule has 2 aromatic rings. The van der Waals surface area contributed by atoms with Crippen molar-refractivity contribution in [1.29, 1.82) is 0 Å². The lowest BCUT2D eigenvalue weighted by Crippen LogP contribution is -2.08. The monoisotopic (exact) mass is 407 g/mol. The molecule has 0 aliphatic rings. The van der Waals surface area contributed by atoms with Gasteiger partial charge in [0.15, 0.2) is 0 Å². The molecule has 1 N–H and O–H groups in total. The van der Waals surface area contributed by atoms with Gasteiger partial charge < -0.3 is 10.1 Å². The third kappa shape index (κ3) is 3.78. The smallest absolute Gasteiger partial charge is 0.121 e. The molecule has 1 unspecified atom stereocenters. The summed E-state index contributed by atoms with van der Waals surface area (Å²) in [5.41, 5.74) is 1.78. The molecule has 0 saturated heterocycles. The van der Waals surface area contributed by atoms with Gasteiger partial charge >= 0.3 is 0 Å². The summed E-state index contributed by atoms with van der Waals surface area (Å²) in [4.78, 5) is 0.